The highest BCUT2D eigenvalue weighted by Gasteiger charge is 2.14. The fraction of sp³-hybridized carbons (Fsp3) is 0.182. The van der Waals surface area contributed by atoms with Crippen LogP contribution in [-0.2, 0) is 0 Å². The van der Waals surface area contributed by atoms with Gasteiger partial charge in [-0.05, 0) is 19.1 Å². The van der Waals surface area contributed by atoms with Crippen molar-refractivity contribution in [1.29, 1.82) is 0 Å². The first-order chi connectivity index (χ1) is 6.79. The molecule has 3 N–H and O–H groups in total. The van der Waals surface area contributed by atoms with E-state index < -0.39 is 0 Å². The molecule has 0 saturated heterocycles. The van der Waals surface area contributed by atoms with Crippen molar-refractivity contribution in [3.8, 4) is 11.4 Å². The average Bonchev–Trinajstić information content (AvgIpc) is 2.67. The Bertz CT molecular complexity index is 403. The van der Waals surface area contributed by atoms with Crippen LogP contribution in [0.15, 0.2) is 42.7 Å². The molecule has 0 bridgehead atoms. The van der Waals surface area contributed by atoms with Crippen molar-refractivity contribution in [2.75, 3.05) is 0 Å². The molecule has 0 aliphatic heterocycles. The number of hydrogen-bond donors (Lipinski definition) is 2. The van der Waals surface area contributed by atoms with Crippen LogP contribution >= 0.6 is 0 Å². The van der Waals surface area contributed by atoms with E-state index in [4.69, 9.17) is 5.73 Å². The van der Waals surface area contributed by atoms with Crippen LogP contribution in [0.5, 0.6) is 0 Å². The summed E-state index contributed by atoms with van der Waals surface area (Å²) in [5.41, 5.74) is 6.99. The fourth-order valence-electron chi connectivity index (χ4n) is 1.51. The number of nitrogens with zero attached hydrogens (tertiary/aromatic N) is 1. The number of hydrogen-bond acceptors (Lipinski definition) is 1. The highest BCUT2D eigenvalue weighted by molar-refractivity contribution is 5.51. The second kappa shape index (κ2) is 3.64. The molecule has 3 heteroatoms. The number of nitrogens with two attached hydrogens (primary N) is 1. The number of aromatic nitrogens is 2. The van der Waals surface area contributed by atoms with E-state index in [1.165, 1.54) is 0 Å². The van der Waals surface area contributed by atoms with Gasteiger partial charge in [0, 0.05) is 0 Å². The van der Waals surface area contributed by atoms with Crippen LogP contribution in [0.3, 0.4) is 0 Å². The third kappa shape index (κ3) is 1.54. The summed E-state index contributed by atoms with van der Waals surface area (Å²) in [6.45, 7) is 1.96. The van der Waals surface area contributed by atoms with Gasteiger partial charge in [0.05, 0.1) is 5.56 Å². The summed E-state index contributed by atoms with van der Waals surface area (Å²) in [6.07, 6.45) is 3.83. The summed E-state index contributed by atoms with van der Waals surface area (Å²) < 4.78 is 2.01. The van der Waals surface area contributed by atoms with Crippen LogP contribution in [0.1, 0.15) is 13.1 Å². The SMILES string of the molecule is CC(N)[n+]1cc[nH]c1-c1ccccc1. The molecule has 0 aliphatic carbocycles. The van der Waals surface area contributed by atoms with E-state index in [2.05, 4.69) is 17.1 Å². The number of aromatic amines is 1. The highest BCUT2D eigenvalue weighted by atomic mass is 15.1. The van der Waals surface area contributed by atoms with Gasteiger partial charge in [0.15, 0.2) is 0 Å². The zero-order valence-electron chi connectivity index (χ0n) is 8.14. The number of imidazole rings is 1. The van der Waals surface area contributed by atoms with E-state index in [1.54, 1.807) is 0 Å². The Labute approximate surface area is 83.2 Å². The number of nitrogens with one attached hydrogen (secondary N) is 1. The molecule has 0 amide bonds. The Balaban J connectivity index is 2.47. The zero-order chi connectivity index (χ0) is 9.97. The topological polar surface area (TPSA) is 45.7 Å². The van der Waals surface area contributed by atoms with Gasteiger partial charge in [-0.1, -0.05) is 18.2 Å². The lowest BCUT2D eigenvalue weighted by atomic mass is 10.2. The minimum atomic E-state index is -0.0172. The lowest BCUT2D eigenvalue weighted by molar-refractivity contribution is -0.707. The van der Waals surface area contributed by atoms with Gasteiger partial charge in [-0.15, -0.1) is 0 Å². The minimum Gasteiger partial charge on any atom is -0.293 e. The molecule has 0 radical (unpaired) electrons. The average molecular weight is 188 g/mol. The summed E-state index contributed by atoms with van der Waals surface area (Å²) in [4.78, 5) is 3.19. The standard InChI is InChI=1S/C11H13N3/c1-9(12)14-8-7-13-11(14)10-5-3-2-4-6-10/h2-9H,12H2,1H3/p+1. The molecule has 0 fully saturated rings. The third-order valence-electron chi connectivity index (χ3n) is 2.20. The van der Waals surface area contributed by atoms with E-state index in [1.807, 2.05) is 42.1 Å². The van der Waals surface area contributed by atoms with Gasteiger partial charge >= 0.3 is 0 Å². The molecule has 2 aromatic rings. The Morgan fingerprint density at radius 2 is 2.00 bits per heavy atom. The summed E-state index contributed by atoms with van der Waals surface area (Å²) >= 11 is 0. The summed E-state index contributed by atoms with van der Waals surface area (Å²) in [6, 6.07) is 10.2. The van der Waals surface area contributed by atoms with E-state index >= 15 is 0 Å². The van der Waals surface area contributed by atoms with Crippen molar-refractivity contribution in [1.82, 2.24) is 4.98 Å². The lowest BCUT2D eigenvalue weighted by Gasteiger charge is -2.03. The summed E-state index contributed by atoms with van der Waals surface area (Å²) in [5.74, 6) is 1.04. The molecule has 0 aliphatic rings. The molecule has 14 heavy (non-hydrogen) atoms. The number of rotatable bonds is 2. The van der Waals surface area contributed by atoms with Gasteiger partial charge in [0.2, 0.25) is 0 Å². The second-order valence-corrected chi connectivity index (χ2v) is 3.32. The third-order valence-corrected chi connectivity index (χ3v) is 2.20. The predicted octanol–water partition coefficient (Wildman–Crippen LogP) is 1.45. The molecule has 1 atom stereocenters. The van der Waals surface area contributed by atoms with Gasteiger partial charge in [-0.2, -0.15) is 0 Å². The summed E-state index contributed by atoms with van der Waals surface area (Å²) in [7, 11) is 0. The van der Waals surface area contributed by atoms with Crippen molar-refractivity contribution in [2.45, 2.75) is 13.1 Å². The Morgan fingerprint density at radius 3 is 2.64 bits per heavy atom. The molecule has 1 heterocycles. The minimum absolute atomic E-state index is 0.0172. The van der Waals surface area contributed by atoms with Crippen LogP contribution < -0.4 is 10.3 Å². The first-order valence-corrected chi connectivity index (χ1v) is 4.68. The van der Waals surface area contributed by atoms with Gasteiger partial charge in [0.25, 0.3) is 5.82 Å². The van der Waals surface area contributed by atoms with E-state index in [-0.39, 0.29) is 6.17 Å². The van der Waals surface area contributed by atoms with Crippen LogP contribution in [0.25, 0.3) is 11.4 Å². The lowest BCUT2D eigenvalue weighted by Crippen LogP contribution is -2.42. The molecule has 2 rings (SSSR count). The largest absolute Gasteiger partial charge is 0.293 e. The Hall–Kier alpha value is -1.61. The fourth-order valence-corrected chi connectivity index (χ4v) is 1.51. The maximum absolute atomic E-state index is 5.84. The van der Waals surface area contributed by atoms with Crippen LogP contribution in [0.2, 0.25) is 0 Å². The molecular weight excluding hydrogens is 174 g/mol. The van der Waals surface area contributed by atoms with Crippen molar-refractivity contribution < 1.29 is 4.57 Å². The Kier molecular flexibility index (Phi) is 2.33. The van der Waals surface area contributed by atoms with Crippen LogP contribution in [-0.4, -0.2) is 4.98 Å². The van der Waals surface area contributed by atoms with Gasteiger partial charge in [-0.3, -0.25) is 5.73 Å². The molecule has 1 aromatic heterocycles. The molecule has 3 nitrogen and oxygen atoms in total. The van der Waals surface area contributed by atoms with E-state index in [0.717, 1.165) is 11.4 Å². The van der Waals surface area contributed by atoms with Gasteiger partial charge < -0.3 is 0 Å². The van der Waals surface area contributed by atoms with Crippen molar-refractivity contribution in [3.05, 3.63) is 42.7 Å². The first kappa shape index (κ1) is 8.97. The summed E-state index contributed by atoms with van der Waals surface area (Å²) in [5, 5.41) is 0. The Morgan fingerprint density at radius 1 is 1.29 bits per heavy atom. The van der Waals surface area contributed by atoms with Crippen LogP contribution in [0, 0.1) is 0 Å². The molecule has 0 saturated carbocycles. The number of benzene rings is 1. The first-order valence-electron chi connectivity index (χ1n) is 4.68. The van der Waals surface area contributed by atoms with E-state index in [0.29, 0.717) is 0 Å². The van der Waals surface area contributed by atoms with Gasteiger partial charge in [-0.25, -0.2) is 9.55 Å². The molecular formula is C11H14N3+. The van der Waals surface area contributed by atoms with Crippen molar-refractivity contribution in [2.24, 2.45) is 5.73 Å². The van der Waals surface area contributed by atoms with Gasteiger partial charge in [0.1, 0.15) is 18.6 Å². The predicted molar refractivity (Wildman–Crippen MR) is 55.3 cm³/mol. The normalized spacial score (nSPS) is 12.7. The molecule has 72 valence electrons. The second-order valence-electron chi connectivity index (χ2n) is 3.32. The highest BCUT2D eigenvalue weighted by Crippen LogP contribution is 2.12. The molecule has 1 aromatic carbocycles. The van der Waals surface area contributed by atoms with Crippen LogP contribution in [0.4, 0.5) is 0 Å². The molecule has 0 spiro atoms. The monoisotopic (exact) mass is 188 g/mol. The van der Waals surface area contributed by atoms with E-state index in [9.17, 15) is 0 Å². The zero-order valence-corrected chi connectivity index (χ0v) is 8.14. The number of H-pyrrole nitrogens is 1. The van der Waals surface area contributed by atoms with Crippen molar-refractivity contribution in [3.63, 3.8) is 0 Å². The maximum Gasteiger partial charge on any atom is 0.287 e. The smallest absolute Gasteiger partial charge is 0.287 e. The maximum atomic E-state index is 5.84. The quantitative estimate of drug-likeness (QED) is 0.688. The molecule has 1 unspecified atom stereocenters. The van der Waals surface area contributed by atoms with Crippen molar-refractivity contribution >= 4 is 0 Å².